The molecule has 0 aromatic heterocycles. The van der Waals surface area contributed by atoms with Crippen LogP contribution in [0.15, 0.2) is 24.3 Å². The Kier molecular flexibility index (Phi) is 3.44. The fourth-order valence-corrected chi connectivity index (χ4v) is 6.47. The zero-order valence-electron chi connectivity index (χ0n) is 14.6. The smallest absolute Gasteiger partial charge is 0.232 e. The highest BCUT2D eigenvalue weighted by atomic mass is 16.2. The molecule has 5 aliphatic rings. The predicted octanol–water partition coefficient (Wildman–Crippen LogP) is 3.45. The fraction of sp³-hybridized carbons (Fsp3) is 0.619. The maximum atomic E-state index is 13.0. The van der Waals surface area contributed by atoms with Gasteiger partial charge in [-0.3, -0.25) is 9.59 Å². The number of carbonyl (C=O) groups excluding carboxylic acids is 2. The third-order valence-electron chi connectivity index (χ3n) is 7.15. The number of amides is 2. The Morgan fingerprint density at radius 3 is 2.40 bits per heavy atom. The topological polar surface area (TPSA) is 58.2 Å². The lowest BCUT2D eigenvalue weighted by Gasteiger charge is -2.55. The molecule has 0 radical (unpaired) electrons. The number of carbonyl (C=O) groups is 2. The van der Waals surface area contributed by atoms with Gasteiger partial charge in [0.05, 0.1) is 5.92 Å². The highest BCUT2D eigenvalue weighted by Crippen LogP contribution is 2.60. The van der Waals surface area contributed by atoms with E-state index in [-0.39, 0.29) is 23.1 Å². The van der Waals surface area contributed by atoms with Crippen molar-refractivity contribution in [2.24, 2.45) is 23.2 Å². The van der Waals surface area contributed by atoms with Crippen molar-refractivity contribution in [1.29, 1.82) is 0 Å². The quantitative estimate of drug-likeness (QED) is 0.883. The summed E-state index contributed by atoms with van der Waals surface area (Å²) in [7, 11) is 0. The molecule has 1 aliphatic heterocycles. The average molecular weight is 338 g/mol. The minimum absolute atomic E-state index is 0.0604. The molecular weight excluding hydrogens is 312 g/mol. The lowest BCUT2D eigenvalue weighted by atomic mass is 9.49. The van der Waals surface area contributed by atoms with Crippen LogP contribution < -0.4 is 10.6 Å². The Bertz CT molecular complexity index is 691. The summed E-state index contributed by atoms with van der Waals surface area (Å²) in [5.41, 5.74) is 1.89. The van der Waals surface area contributed by atoms with E-state index in [0.29, 0.717) is 13.0 Å². The van der Waals surface area contributed by atoms with Gasteiger partial charge in [0.1, 0.15) is 0 Å². The number of fused-ring (bicyclic) bond motifs is 1. The molecule has 1 heterocycles. The SMILES string of the molecule is O=C1Nc2ccccc2C1CCNC(=O)C12CC3CC(CC(C3)C1)C2. The van der Waals surface area contributed by atoms with Crippen molar-refractivity contribution < 1.29 is 9.59 Å². The number of hydrogen-bond donors (Lipinski definition) is 2. The molecule has 2 amide bonds. The van der Waals surface area contributed by atoms with E-state index < -0.39 is 0 Å². The van der Waals surface area contributed by atoms with Crippen molar-refractivity contribution >= 4 is 17.5 Å². The lowest BCUT2D eigenvalue weighted by molar-refractivity contribution is -0.146. The number of hydrogen-bond acceptors (Lipinski definition) is 2. The molecule has 4 aliphatic carbocycles. The molecule has 4 bridgehead atoms. The van der Waals surface area contributed by atoms with Crippen LogP contribution in [0.1, 0.15) is 56.4 Å². The second kappa shape index (κ2) is 5.58. The third kappa shape index (κ3) is 2.49. The van der Waals surface area contributed by atoms with Crippen LogP contribution in [0.3, 0.4) is 0 Å². The average Bonchev–Trinajstić information content (AvgIpc) is 2.89. The van der Waals surface area contributed by atoms with Gasteiger partial charge in [0.15, 0.2) is 0 Å². The van der Waals surface area contributed by atoms with Gasteiger partial charge in [-0.2, -0.15) is 0 Å². The number of rotatable bonds is 4. The second-order valence-electron chi connectivity index (χ2n) is 8.87. The number of nitrogens with one attached hydrogen (secondary N) is 2. The fourth-order valence-electron chi connectivity index (χ4n) is 6.47. The molecule has 132 valence electrons. The number of anilines is 1. The van der Waals surface area contributed by atoms with Crippen molar-refractivity contribution in [3.63, 3.8) is 0 Å². The standard InChI is InChI=1S/C21H26N2O2/c24-19-17(16-3-1-2-4-18(16)23-19)5-6-22-20(25)21-10-13-7-14(11-21)9-15(8-13)12-21/h1-4,13-15,17H,5-12H2,(H,22,25)(H,23,24). The van der Waals surface area contributed by atoms with Crippen LogP contribution in [0, 0.1) is 23.2 Å². The van der Waals surface area contributed by atoms with Crippen molar-refractivity contribution in [1.82, 2.24) is 5.32 Å². The van der Waals surface area contributed by atoms with Crippen LogP contribution in [-0.4, -0.2) is 18.4 Å². The van der Waals surface area contributed by atoms with Crippen LogP contribution >= 0.6 is 0 Å². The third-order valence-corrected chi connectivity index (χ3v) is 7.15. The maximum absolute atomic E-state index is 13.0. The molecule has 0 saturated heterocycles. The molecule has 1 atom stereocenters. The van der Waals surface area contributed by atoms with Crippen LogP contribution in [0.25, 0.3) is 0 Å². The molecule has 2 N–H and O–H groups in total. The van der Waals surface area contributed by atoms with E-state index in [2.05, 4.69) is 10.6 Å². The van der Waals surface area contributed by atoms with Gasteiger partial charge in [0, 0.05) is 17.6 Å². The van der Waals surface area contributed by atoms with Gasteiger partial charge >= 0.3 is 0 Å². The Morgan fingerprint density at radius 1 is 1.08 bits per heavy atom. The Morgan fingerprint density at radius 2 is 1.72 bits per heavy atom. The molecule has 1 aromatic rings. The minimum atomic E-state index is -0.132. The van der Waals surface area contributed by atoms with E-state index in [4.69, 9.17) is 0 Å². The van der Waals surface area contributed by atoms with Gasteiger partial charge in [0.25, 0.3) is 0 Å². The van der Waals surface area contributed by atoms with E-state index >= 15 is 0 Å². The number of benzene rings is 1. The summed E-state index contributed by atoms with van der Waals surface area (Å²) in [6.07, 6.45) is 8.02. The summed E-state index contributed by atoms with van der Waals surface area (Å²) >= 11 is 0. The van der Waals surface area contributed by atoms with Crippen molar-refractivity contribution in [3.8, 4) is 0 Å². The van der Waals surface area contributed by atoms with Gasteiger partial charge in [-0.15, -0.1) is 0 Å². The molecule has 1 aromatic carbocycles. The zero-order chi connectivity index (χ0) is 17.0. The second-order valence-corrected chi connectivity index (χ2v) is 8.87. The predicted molar refractivity (Wildman–Crippen MR) is 96.0 cm³/mol. The van der Waals surface area contributed by atoms with Crippen molar-refractivity contribution in [3.05, 3.63) is 29.8 Å². The van der Waals surface area contributed by atoms with Gasteiger partial charge in [-0.05, 0) is 74.3 Å². The van der Waals surface area contributed by atoms with Gasteiger partial charge in [-0.1, -0.05) is 18.2 Å². The van der Waals surface area contributed by atoms with Crippen molar-refractivity contribution in [2.45, 2.75) is 50.9 Å². The van der Waals surface area contributed by atoms with Crippen LogP contribution in [0.4, 0.5) is 5.69 Å². The molecule has 0 spiro atoms. The summed E-state index contributed by atoms with van der Waals surface area (Å²) in [6.45, 7) is 0.590. The highest BCUT2D eigenvalue weighted by molar-refractivity contribution is 6.02. The first-order valence-electron chi connectivity index (χ1n) is 9.81. The van der Waals surface area contributed by atoms with Crippen LogP contribution in [0.5, 0.6) is 0 Å². The Labute approximate surface area is 148 Å². The summed E-state index contributed by atoms with van der Waals surface area (Å²) < 4.78 is 0. The van der Waals surface area contributed by atoms with Gasteiger partial charge in [0.2, 0.25) is 11.8 Å². The monoisotopic (exact) mass is 338 g/mol. The number of para-hydroxylation sites is 1. The summed E-state index contributed by atoms with van der Waals surface area (Å²) in [5.74, 6) is 2.54. The first-order chi connectivity index (χ1) is 12.1. The van der Waals surface area contributed by atoms with Crippen molar-refractivity contribution in [2.75, 3.05) is 11.9 Å². The Hall–Kier alpha value is -1.84. The molecule has 25 heavy (non-hydrogen) atoms. The van der Waals surface area contributed by atoms with E-state index in [1.165, 1.54) is 19.3 Å². The van der Waals surface area contributed by atoms with Crippen LogP contribution in [-0.2, 0) is 9.59 Å². The molecule has 4 nitrogen and oxygen atoms in total. The molecule has 4 saturated carbocycles. The van der Waals surface area contributed by atoms with E-state index in [1.807, 2.05) is 24.3 Å². The lowest BCUT2D eigenvalue weighted by Crippen LogP contribution is -2.53. The van der Waals surface area contributed by atoms with E-state index in [1.54, 1.807) is 0 Å². The first kappa shape index (κ1) is 15.4. The maximum Gasteiger partial charge on any atom is 0.232 e. The zero-order valence-corrected chi connectivity index (χ0v) is 14.6. The summed E-state index contributed by atoms with van der Waals surface area (Å²) in [4.78, 5) is 25.2. The van der Waals surface area contributed by atoms with Gasteiger partial charge in [-0.25, -0.2) is 0 Å². The molecular formula is C21H26N2O2. The van der Waals surface area contributed by atoms with E-state index in [0.717, 1.165) is 48.3 Å². The Balaban J connectivity index is 1.22. The molecule has 4 heteroatoms. The minimum Gasteiger partial charge on any atom is -0.356 e. The highest BCUT2D eigenvalue weighted by Gasteiger charge is 2.54. The van der Waals surface area contributed by atoms with Gasteiger partial charge < -0.3 is 10.6 Å². The molecule has 6 rings (SSSR count). The largest absolute Gasteiger partial charge is 0.356 e. The first-order valence-corrected chi connectivity index (χ1v) is 9.81. The normalized spacial score (nSPS) is 37.7. The summed E-state index contributed by atoms with van der Waals surface area (Å²) in [5, 5.41) is 6.14. The molecule has 1 unspecified atom stereocenters. The van der Waals surface area contributed by atoms with Crippen LogP contribution in [0.2, 0.25) is 0 Å². The van der Waals surface area contributed by atoms with E-state index in [9.17, 15) is 9.59 Å². The molecule has 4 fully saturated rings. The summed E-state index contributed by atoms with van der Waals surface area (Å²) in [6, 6.07) is 7.87.